The molecular formula is C26H25Cl3N4O. The molecular weight excluding hydrogens is 491 g/mol. The Balaban J connectivity index is 1.63. The largest absolute Gasteiger partial charge is 0.286 e. The van der Waals surface area contributed by atoms with E-state index in [1.165, 1.54) is 0 Å². The topological polar surface area (TPSA) is 47.9 Å². The summed E-state index contributed by atoms with van der Waals surface area (Å²) < 4.78 is 0. The van der Waals surface area contributed by atoms with E-state index in [4.69, 9.17) is 39.9 Å². The van der Waals surface area contributed by atoms with E-state index in [-0.39, 0.29) is 11.9 Å². The Morgan fingerprint density at radius 2 is 1.74 bits per heavy atom. The van der Waals surface area contributed by atoms with E-state index in [0.29, 0.717) is 39.4 Å². The summed E-state index contributed by atoms with van der Waals surface area (Å²) in [5.41, 5.74) is 6.05. The lowest BCUT2D eigenvalue weighted by atomic mass is 10.0. The van der Waals surface area contributed by atoms with E-state index in [1.54, 1.807) is 17.1 Å². The summed E-state index contributed by atoms with van der Waals surface area (Å²) >= 11 is 18.7. The maximum Gasteiger partial charge on any atom is 0.286 e. The molecule has 1 N–H and O–H groups in total. The van der Waals surface area contributed by atoms with Gasteiger partial charge in [0.1, 0.15) is 5.71 Å². The monoisotopic (exact) mass is 514 g/mol. The SMILES string of the molecule is CCCCN(NC(=O)C1=NN(c2ccc(Cl)cc2Cl)C(c2ccc(Cl)cc2)C1)c1ccccc1. The van der Waals surface area contributed by atoms with Crippen LogP contribution in [0.5, 0.6) is 0 Å². The highest BCUT2D eigenvalue weighted by molar-refractivity contribution is 6.40. The van der Waals surface area contributed by atoms with Crippen molar-refractivity contribution in [3.05, 3.63) is 93.4 Å². The predicted octanol–water partition coefficient (Wildman–Crippen LogP) is 7.29. The summed E-state index contributed by atoms with van der Waals surface area (Å²) in [7, 11) is 0. The Hall–Kier alpha value is -2.73. The second-order valence-electron chi connectivity index (χ2n) is 8.04. The summed E-state index contributed by atoms with van der Waals surface area (Å²) in [5.74, 6) is -0.244. The maximum absolute atomic E-state index is 13.4. The van der Waals surface area contributed by atoms with Gasteiger partial charge in [0.25, 0.3) is 5.91 Å². The zero-order valence-corrected chi connectivity index (χ0v) is 21.0. The van der Waals surface area contributed by atoms with Crippen molar-refractivity contribution in [1.29, 1.82) is 0 Å². The molecule has 1 unspecified atom stereocenters. The highest BCUT2D eigenvalue weighted by Gasteiger charge is 2.34. The molecule has 1 amide bonds. The number of hydrazine groups is 1. The van der Waals surface area contributed by atoms with Crippen LogP contribution >= 0.6 is 34.8 Å². The van der Waals surface area contributed by atoms with Crippen LogP contribution in [0.4, 0.5) is 11.4 Å². The molecule has 3 aromatic carbocycles. The molecule has 0 fully saturated rings. The van der Waals surface area contributed by atoms with Gasteiger partial charge in [-0.05, 0) is 54.4 Å². The van der Waals surface area contributed by atoms with Gasteiger partial charge in [-0.1, -0.05) is 78.5 Å². The van der Waals surface area contributed by atoms with E-state index in [1.807, 2.05) is 65.7 Å². The van der Waals surface area contributed by atoms with Crippen molar-refractivity contribution < 1.29 is 4.79 Å². The van der Waals surface area contributed by atoms with E-state index in [9.17, 15) is 4.79 Å². The van der Waals surface area contributed by atoms with Crippen LogP contribution in [0.25, 0.3) is 0 Å². The lowest BCUT2D eigenvalue weighted by Crippen LogP contribution is -2.45. The van der Waals surface area contributed by atoms with E-state index < -0.39 is 0 Å². The number of benzene rings is 3. The lowest BCUT2D eigenvalue weighted by Gasteiger charge is -2.25. The van der Waals surface area contributed by atoms with Gasteiger partial charge in [-0.15, -0.1) is 0 Å². The first kappa shape index (κ1) is 24.4. The summed E-state index contributed by atoms with van der Waals surface area (Å²) in [6.45, 7) is 2.82. The predicted molar refractivity (Wildman–Crippen MR) is 142 cm³/mol. The number of hydrazone groups is 1. The molecule has 34 heavy (non-hydrogen) atoms. The molecule has 0 radical (unpaired) electrons. The van der Waals surface area contributed by atoms with Gasteiger partial charge in [0.2, 0.25) is 0 Å². The molecule has 1 heterocycles. The van der Waals surface area contributed by atoms with Crippen molar-refractivity contribution in [3.63, 3.8) is 0 Å². The third-order valence-electron chi connectivity index (χ3n) is 5.62. The van der Waals surface area contributed by atoms with Gasteiger partial charge in [-0.2, -0.15) is 5.10 Å². The minimum atomic E-state index is -0.244. The van der Waals surface area contributed by atoms with Gasteiger partial charge in [-0.3, -0.25) is 20.2 Å². The van der Waals surface area contributed by atoms with Gasteiger partial charge in [0.15, 0.2) is 0 Å². The van der Waals surface area contributed by atoms with E-state index >= 15 is 0 Å². The first-order valence-electron chi connectivity index (χ1n) is 11.2. The van der Waals surface area contributed by atoms with Crippen LogP contribution in [0.15, 0.2) is 77.9 Å². The van der Waals surface area contributed by atoms with E-state index in [2.05, 4.69) is 12.3 Å². The Morgan fingerprint density at radius 3 is 2.41 bits per heavy atom. The van der Waals surface area contributed by atoms with Crippen LogP contribution in [-0.4, -0.2) is 18.2 Å². The van der Waals surface area contributed by atoms with Crippen molar-refractivity contribution in [2.24, 2.45) is 5.10 Å². The number of para-hydroxylation sites is 1. The molecule has 0 aliphatic carbocycles. The normalized spacial score (nSPS) is 15.2. The van der Waals surface area contributed by atoms with Crippen LogP contribution in [0, 0.1) is 0 Å². The van der Waals surface area contributed by atoms with Crippen molar-refractivity contribution >= 4 is 57.8 Å². The summed E-state index contributed by atoms with van der Waals surface area (Å²) in [6.07, 6.45) is 2.38. The minimum absolute atomic E-state index is 0.211. The van der Waals surface area contributed by atoms with Crippen LogP contribution in [0.1, 0.15) is 37.8 Å². The van der Waals surface area contributed by atoms with Crippen molar-refractivity contribution in [1.82, 2.24) is 5.43 Å². The third kappa shape index (κ3) is 5.66. The van der Waals surface area contributed by atoms with Crippen molar-refractivity contribution in [3.8, 4) is 0 Å². The van der Waals surface area contributed by atoms with Gasteiger partial charge >= 0.3 is 0 Å². The molecule has 4 rings (SSSR count). The number of carbonyl (C=O) groups is 1. The van der Waals surface area contributed by atoms with Crippen molar-refractivity contribution in [2.45, 2.75) is 32.2 Å². The zero-order valence-electron chi connectivity index (χ0n) is 18.7. The highest BCUT2D eigenvalue weighted by Crippen LogP contribution is 2.39. The zero-order chi connectivity index (χ0) is 24.1. The number of anilines is 2. The smallest absolute Gasteiger partial charge is 0.285 e. The number of rotatable bonds is 8. The van der Waals surface area contributed by atoms with E-state index in [0.717, 1.165) is 24.1 Å². The Kier molecular flexibility index (Phi) is 7.99. The van der Waals surface area contributed by atoms with Gasteiger partial charge in [-0.25, -0.2) is 0 Å². The standard InChI is InChI=1S/C26H25Cl3N4O/c1-2-3-15-32(21-7-5-4-6-8-21)31-26(34)23-17-25(18-9-11-19(27)12-10-18)33(30-23)24-14-13-20(28)16-22(24)29/h4-14,16,25H,2-3,15,17H2,1H3,(H,31,34). The molecule has 1 aliphatic rings. The molecule has 0 saturated carbocycles. The number of halogens is 3. The molecule has 0 saturated heterocycles. The van der Waals surface area contributed by atoms with Crippen LogP contribution in [0.2, 0.25) is 15.1 Å². The average Bonchev–Trinajstić information content (AvgIpc) is 3.28. The molecule has 176 valence electrons. The van der Waals surface area contributed by atoms with Crippen LogP contribution in [-0.2, 0) is 4.79 Å². The van der Waals surface area contributed by atoms with Gasteiger partial charge < -0.3 is 0 Å². The number of nitrogens with zero attached hydrogens (tertiary/aromatic N) is 3. The highest BCUT2D eigenvalue weighted by atomic mass is 35.5. The average molecular weight is 516 g/mol. The van der Waals surface area contributed by atoms with Crippen molar-refractivity contribution in [2.75, 3.05) is 16.6 Å². The molecule has 0 aromatic heterocycles. The second-order valence-corrected chi connectivity index (χ2v) is 9.32. The first-order chi connectivity index (χ1) is 16.5. The summed E-state index contributed by atoms with van der Waals surface area (Å²) in [6, 6.07) is 22.4. The molecule has 0 bridgehead atoms. The van der Waals surface area contributed by atoms with Crippen LogP contribution in [0.3, 0.4) is 0 Å². The fourth-order valence-corrected chi connectivity index (χ4v) is 4.46. The lowest BCUT2D eigenvalue weighted by molar-refractivity contribution is -0.115. The molecule has 0 spiro atoms. The van der Waals surface area contributed by atoms with Gasteiger partial charge in [0, 0.05) is 23.0 Å². The number of nitrogens with one attached hydrogen (secondary N) is 1. The fraction of sp³-hybridized carbons (Fsp3) is 0.231. The minimum Gasteiger partial charge on any atom is -0.285 e. The molecule has 1 aliphatic heterocycles. The van der Waals surface area contributed by atoms with Crippen LogP contribution < -0.4 is 15.4 Å². The van der Waals surface area contributed by atoms with Gasteiger partial charge in [0.05, 0.1) is 22.4 Å². The number of hydrogen-bond acceptors (Lipinski definition) is 4. The quantitative estimate of drug-likeness (QED) is 0.320. The number of amides is 1. The summed E-state index contributed by atoms with van der Waals surface area (Å²) in [5, 5.41) is 10.0. The first-order valence-corrected chi connectivity index (χ1v) is 12.3. The Morgan fingerprint density at radius 1 is 1.03 bits per heavy atom. The maximum atomic E-state index is 13.4. The fourth-order valence-electron chi connectivity index (χ4n) is 3.84. The molecule has 1 atom stereocenters. The third-order valence-corrected chi connectivity index (χ3v) is 6.41. The number of carbonyl (C=O) groups excluding carboxylic acids is 1. The molecule has 5 nitrogen and oxygen atoms in total. The number of unbranched alkanes of at least 4 members (excludes halogenated alkanes) is 1. The molecule has 8 heteroatoms. The number of hydrogen-bond donors (Lipinski definition) is 1. The second kappa shape index (κ2) is 11.1. The Labute approximate surface area is 214 Å². The Bertz CT molecular complexity index is 1170. The molecule has 3 aromatic rings. The summed E-state index contributed by atoms with van der Waals surface area (Å²) in [4.78, 5) is 13.4.